The summed E-state index contributed by atoms with van der Waals surface area (Å²) < 4.78 is 1.77. The number of carboxylic acids is 1. The summed E-state index contributed by atoms with van der Waals surface area (Å²) in [4.78, 5) is 36.3. The zero-order valence-electron chi connectivity index (χ0n) is 13.3. The molecule has 6 nitrogen and oxygen atoms in total. The Morgan fingerprint density at radius 3 is 2.60 bits per heavy atom. The van der Waals surface area contributed by atoms with Gasteiger partial charge in [0.1, 0.15) is 6.54 Å². The summed E-state index contributed by atoms with van der Waals surface area (Å²) in [7, 11) is 0. The van der Waals surface area contributed by atoms with Crippen LogP contribution in [0.5, 0.6) is 0 Å². The molecule has 1 aliphatic carbocycles. The predicted octanol–water partition coefficient (Wildman–Crippen LogP) is 2.25. The number of para-hydroxylation sites is 1. The van der Waals surface area contributed by atoms with Crippen molar-refractivity contribution in [3.8, 4) is 0 Å². The first-order valence-electron chi connectivity index (χ1n) is 8.24. The van der Waals surface area contributed by atoms with Crippen LogP contribution in [0.3, 0.4) is 0 Å². The molecule has 0 saturated carbocycles. The summed E-state index contributed by atoms with van der Waals surface area (Å²) in [5.74, 6) is -1.66. The van der Waals surface area contributed by atoms with Gasteiger partial charge in [-0.3, -0.25) is 19.7 Å². The molecule has 2 N–H and O–H groups in total. The normalized spacial score (nSPS) is 15.7. The zero-order valence-corrected chi connectivity index (χ0v) is 13.3. The molecule has 0 bridgehead atoms. The Morgan fingerprint density at radius 1 is 1.08 bits per heavy atom. The van der Waals surface area contributed by atoms with Gasteiger partial charge in [-0.1, -0.05) is 18.2 Å². The number of carbonyl (C=O) groups is 3. The number of aryl methyl sites for hydroxylation is 1. The lowest BCUT2D eigenvalue weighted by Gasteiger charge is -2.11. The van der Waals surface area contributed by atoms with Crippen molar-refractivity contribution < 1.29 is 19.5 Å². The summed E-state index contributed by atoms with van der Waals surface area (Å²) in [5.41, 5.74) is 4.37. The smallest absolute Gasteiger partial charge is 0.323 e. The Balaban J connectivity index is 2.07. The molecule has 1 aliphatic heterocycles. The quantitative estimate of drug-likeness (QED) is 0.704. The average Bonchev–Trinajstić information content (AvgIpc) is 3.23. The van der Waals surface area contributed by atoms with Crippen molar-refractivity contribution in [3.63, 3.8) is 0 Å². The Hall–Kier alpha value is -3.15. The minimum Gasteiger partial charge on any atom is -0.480 e. The van der Waals surface area contributed by atoms with Gasteiger partial charge in [0.25, 0.3) is 11.8 Å². The molecule has 0 radical (unpaired) electrons. The molecule has 0 spiro atoms. The topological polar surface area (TPSA) is 88.4 Å². The highest BCUT2D eigenvalue weighted by molar-refractivity contribution is 6.31. The number of nitrogens with one attached hydrogen (secondary N) is 1. The number of hydrogen-bond acceptors (Lipinski definition) is 3. The van der Waals surface area contributed by atoms with E-state index in [1.54, 1.807) is 4.57 Å². The lowest BCUT2D eigenvalue weighted by molar-refractivity contribution is -0.137. The fourth-order valence-corrected chi connectivity index (χ4v) is 4.43. The molecule has 2 amide bonds. The number of nitrogens with zero attached hydrogens (tertiary/aromatic N) is 1. The van der Waals surface area contributed by atoms with Crippen molar-refractivity contribution in [2.24, 2.45) is 0 Å². The van der Waals surface area contributed by atoms with E-state index < -0.39 is 11.9 Å². The molecular weight excluding hydrogens is 320 g/mol. The molecule has 2 aromatic carbocycles. The third-order valence-corrected chi connectivity index (χ3v) is 5.25. The monoisotopic (exact) mass is 334 g/mol. The van der Waals surface area contributed by atoms with Crippen LogP contribution < -0.4 is 5.32 Å². The molecule has 2 aliphatic rings. The predicted molar refractivity (Wildman–Crippen MR) is 90.9 cm³/mol. The second-order valence-corrected chi connectivity index (χ2v) is 6.56. The minimum atomic E-state index is -0.935. The van der Waals surface area contributed by atoms with Gasteiger partial charge in [0.05, 0.1) is 16.6 Å². The van der Waals surface area contributed by atoms with Crippen LogP contribution in [-0.4, -0.2) is 27.5 Å². The van der Waals surface area contributed by atoms with Gasteiger partial charge in [0.2, 0.25) is 0 Å². The highest BCUT2D eigenvalue weighted by Crippen LogP contribution is 2.42. The van der Waals surface area contributed by atoms with Crippen molar-refractivity contribution in [3.05, 3.63) is 46.5 Å². The lowest BCUT2D eigenvalue weighted by Crippen LogP contribution is -2.20. The van der Waals surface area contributed by atoms with Crippen LogP contribution in [0.25, 0.3) is 21.8 Å². The second kappa shape index (κ2) is 4.69. The van der Waals surface area contributed by atoms with Gasteiger partial charge in [0, 0.05) is 16.3 Å². The number of aromatic nitrogens is 1. The minimum absolute atomic E-state index is 0.176. The Kier molecular flexibility index (Phi) is 2.67. The molecular formula is C19H14N2O4. The van der Waals surface area contributed by atoms with Crippen molar-refractivity contribution in [1.82, 2.24) is 9.88 Å². The SMILES string of the molecule is O=C(O)Cn1c2ccccc2c2c3c(c4c(c21)CCC4)C(=O)NC3=O. The van der Waals surface area contributed by atoms with Crippen LogP contribution in [0.1, 0.15) is 38.3 Å². The molecule has 124 valence electrons. The number of amides is 2. The molecule has 0 atom stereocenters. The molecule has 2 heterocycles. The number of carbonyl (C=O) groups excluding carboxylic acids is 2. The van der Waals surface area contributed by atoms with Gasteiger partial charge in [-0.05, 0) is 36.5 Å². The van der Waals surface area contributed by atoms with Gasteiger partial charge < -0.3 is 9.67 Å². The molecule has 5 rings (SSSR count). The van der Waals surface area contributed by atoms with Gasteiger partial charge in [-0.15, -0.1) is 0 Å². The largest absolute Gasteiger partial charge is 0.480 e. The van der Waals surface area contributed by atoms with E-state index in [0.29, 0.717) is 16.5 Å². The number of fused-ring (bicyclic) bond motifs is 8. The number of benzene rings is 2. The first-order chi connectivity index (χ1) is 12.1. The highest BCUT2D eigenvalue weighted by Gasteiger charge is 2.37. The summed E-state index contributed by atoms with van der Waals surface area (Å²) in [6, 6.07) is 7.46. The van der Waals surface area contributed by atoms with Crippen LogP contribution in [-0.2, 0) is 24.2 Å². The van der Waals surface area contributed by atoms with Crippen LogP contribution in [0.4, 0.5) is 0 Å². The third-order valence-electron chi connectivity index (χ3n) is 5.25. The number of carboxylic acid groups (broad SMARTS) is 1. The Labute approximate surface area is 142 Å². The summed E-state index contributed by atoms with van der Waals surface area (Å²) in [6.07, 6.45) is 2.43. The van der Waals surface area contributed by atoms with Crippen molar-refractivity contribution >= 4 is 39.6 Å². The van der Waals surface area contributed by atoms with E-state index in [1.807, 2.05) is 24.3 Å². The first-order valence-corrected chi connectivity index (χ1v) is 8.24. The number of aliphatic carboxylic acids is 1. The van der Waals surface area contributed by atoms with Crippen LogP contribution in [0.15, 0.2) is 24.3 Å². The van der Waals surface area contributed by atoms with Gasteiger partial charge in [-0.2, -0.15) is 0 Å². The Bertz CT molecular complexity index is 1140. The van der Waals surface area contributed by atoms with Crippen LogP contribution in [0.2, 0.25) is 0 Å². The van der Waals surface area contributed by atoms with Gasteiger partial charge in [0.15, 0.2) is 0 Å². The van der Waals surface area contributed by atoms with Crippen LogP contribution >= 0.6 is 0 Å². The van der Waals surface area contributed by atoms with E-state index in [2.05, 4.69) is 5.32 Å². The van der Waals surface area contributed by atoms with E-state index in [4.69, 9.17) is 0 Å². The summed E-state index contributed by atoms with van der Waals surface area (Å²) >= 11 is 0. The first kappa shape index (κ1) is 14.2. The van der Waals surface area contributed by atoms with Crippen molar-refractivity contribution in [2.45, 2.75) is 25.8 Å². The van der Waals surface area contributed by atoms with E-state index in [1.165, 1.54) is 0 Å². The lowest BCUT2D eigenvalue weighted by atomic mass is 9.93. The van der Waals surface area contributed by atoms with Crippen molar-refractivity contribution in [1.29, 1.82) is 0 Å². The van der Waals surface area contributed by atoms with Gasteiger partial charge >= 0.3 is 5.97 Å². The molecule has 3 aromatic rings. The maximum absolute atomic E-state index is 12.5. The highest BCUT2D eigenvalue weighted by atomic mass is 16.4. The van der Waals surface area contributed by atoms with Crippen LogP contribution in [0, 0.1) is 0 Å². The second-order valence-electron chi connectivity index (χ2n) is 6.56. The molecule has 1 aromatic heterocycles. The maximum atomic E-state index is 12.5. The molecule has 25 heavy (non-hydrogen) atoms. The number of imide groups is 1. The molecule has 0 saturated heterocycles. The van der Waals surface area contributed by atoms with E-state index in [9.17, 15) is 19.5 Å². The summed E-state index contributed by atoms with van der Waals surface area (Å²) in [6.45, 7) is -0.176. The standard InChI is InChI=1S/C19H14N2O4/c22-13(23)8-21-12-7-2-1-4-11(12)14-16-15(18(24)20-19(16)25)9-5-3-6-10(9)17(14)21/h1-2,4,7H,3,5-6,8H2,(H,22,23)(H,20,24,25). The van der Waals surface area contributed by atoms with E-state index in [-0.39, 0.29) is 12.5 Å². The van der Waals surface area contributed by atoms with Gasteiger partial charge in [-0.25, -0.2) is 0 Å². The molecule has 0 fully saturated rings. The number of hydrogen-bond donors (Lipinski definition) is 2. The summed E-state index contributed by atoms with van der Waals surface area (Å²) in [5, 5.41) is 13.3. The molecule has 0 unspecified atom stereocenters. The Morgan fingerprint density at radius 2 is 1.80 bits per heavy atom. The van der Waals surface area contributed by atoms with Crippen molar-refractivity contribution in [2.75, 3.05) is 0 Å². The fourth-order valence-electron chi connectivity index (χ4n) is 4.43. The average molecular weight is 334 g/mol. The van der Waals surface area contributed by atoms with E-state index >= 15 is 0 Å². The fraction of sp³-hybridized carbons (Fsp3) is 0.211. The maximum Gasteiger partial charge on any atom is 0.323 e. The molecule has 6 heteroatoms. The number of rotatable bonds is 2. The zero-order chi connectivity index (χ0) is 17.3. The third kappa shape index (κ3) is 1.71. The van der Waals surface area contributed by atoms with E-state index in [0.717, 1.165) is 46.8 Å².